The topological polar surface area (TPSA) is 101 Å². The zero-order valence-electron chi connectivity index (χ0n) is 13.9. The lowest BCUT2D eigenvalue weighted by Crippen LogP contribution is -2.52. The number of primary amides is 1. The molecule has 1 aliphatic rings. The van der Waals surface area contributed by atoms with Crippen LogP contribution >= 0.6 is 11.3 Å². The number of unbranched alkanes of at least 4 members (excludes halogenated alkanes) is 2. The highest BCUT2D eigenvalue weighted by molar-refractivity contribution is 7.13. The van der Waals surface area contributed by atoms with E-state index >= 15 is 0 Å². The first-order chi connectivity index (χ1) is 12.1. The highest BCUT2D eigenvalue weighted by atomic mass is 32.1. The number of hydrogen-bond acceptors (Lipinski definition) is 6. The van der Waals surface area contributed by atoms with E-state index in [0.717, 1.165) is 43.8 Å². The Morgan fingerprint density at radius 1 is 1.36 bits per heavy atom. The molecule has 0 radical (unpaired) electrons. The standard InChI is InChI=1S/C17H22N4O3S/c18-16(22)12-10-21(11-12)7-3-1-2-6-19-17(23)13-9-14(24-20-13)15-5-4-8-25-15/h4-5,8-9,12H,1-3,6-7,10-11H2,(H2,18,22)(H,19,23). The number of nitrogens with two attached hydrogens (primary N) is 1. The van der Waals surface area contributed by atoms with Gasteiger partial charge in [0.1, 0.15) is 0 Å². The molecular weight excluding hydrogens is 340 g/mol. The second-order valence-electron chi connectivity index (χ2n) is 6.23. The third-order valence-corrected chi connectivity index (χ3v) is 5.19. The van der Waals surface area contributed by atoms with Gasteiger partial charge in [-0.2, -0.15) is 0 Å². The van der Waals surface area contributed by atoms with Gasteiger partial charge in [-0.3, -0.25) is 9.59 Å². The van der Waals surface area contributed by atoms with E-state index in [1.165, 1.54) is 0 Å². The second kappa shape index (κ2) is 8.26. The molecule has 0 saturated carbocycles. The fourth-order valence-electron chi connectivity index (χ4n) is 2.78. The Bertz CT molecular complexity index is 707. The summed E-state index contributed by atoms with van der Waals surface area (Å²) in [6.07, 6.45) is 2.99. The van der Waals surface area contributed by atoms with E-state index in [9.17, 15) is 9.59 Å². The molecule has 1 fully saturated rings. The normalized spacial score (nSPS) is 15.0. The van der Waals surface area contributed by atoms with E-state index in [-0.39, 0.29) is 17.7 Å². The SMILES string of the molecule is NC(=O)C1CN(CCCCCNC(=O)c2cc(-c3cccs3)on2)C1. The maximum Gasteiger partial charge on any atom is 0.273 e. The number of likely N-dealkylation sites (tertiary alicyclic amines) is 1. The summed E-state index contributed by atoms with van der Waals surface area (Å²) in [5.41, 5.74) is 5.55. The minimum absolute atomic E-state index is 0.0285. The molecule has 25 heavy (non-hydrogen) atoms. The number of aromatic nitrogens is 1. The zero-order chi connectivity index (χ0) is 17.6. The molecule has 2 aromatic heterocycles. The summed E-state index contributed by atoms with van der Waals surface area (Å²) in [6.45, 7) is 3.16. The number of amides is 2. The van der Waals surface area contributed by atoms with Gasteiger partial charge < -0.3 is 20.5 Å². The molecule has 1 aliphatic heterocycles. The van der Waals surface area contributed by atoms with Gasteiger partial charge in [0.2, 0.25) is 5.91 Å². The molecule has 3 rings (SSSR count). The fraction of sp³-hybridized carbons (Fsp3) is 0.471. The fourth-order valence-corrected chi connectivity index (χ4v) is 3.45. The average Bonchev–Trinajstić information content (AvgIpc) is 3.22. The molecule has 0 spiro atoms. The molecular formula is C17H22N4O3S. The van der Waals surface area contributed by atoms with Crippen LogP contribution in [0.4, 0.5) is 0 Å². The van der Waals surface area contributed by atoms with E-state index in [0.29, 0.717) is 18.0 Å². The van der Waals surface area contributed by atoms with Crippen LogP contribution in [-0.4, -0.2) is 48.0 Å². The summed E-state index contributed by atoms with van der Waals surface area (Å²) in [4.78, 5) is 26.2. The van der Waals surface area contributed by atoms with Gasteiger partial charge in [-0.1, -0.05) is 17.6 Å². The summed E-state index contributed by atoms with van der Waals surface area (Å²) in [6, 6.07) is 5.52. The molecule has 2 amide bonds. The second-order valence-corrected chi connectivity index (χ2v) is 7.18. The monoisotopic (exact) mass is 362 g/mol. The van der Waals surface area contributed by atoms with Crippen LogP contribution in [-0.2, 0) is 4.79 Å². The van der Waals surface area contributed by atoms with E-state index in [2.05, 4.69) is 15.4 Å². The summed E-state index contributed by atoms with van der Waals surface area (Å²) in [7, 11) is 0. The summed E-state index contributed by atoms with van der Waals surface area (Å²) in [5.74, 6) is 0.234. The Morgan fingerprint density at radius 3 is 2.92 bits per heavy atom. The lowest BCUT2D eigenvalue weighted by atomic mass is 9.99. The minimum Gasteiger partial charge on any atom is -0.369 e. The van der Waals surface area contributed by atoms with Crippen LogP contribution in [0.1, 0.15) is 29.8 Å². The maximum absolute atomic E-state index is 12.0. The van der Waals surface area contributed by atoms with Gasteiger partial charge in [0.05, 0.1) is 10.8 Å². The van der Waals surface area contributed by atoms with Crippen molar-refractivity contribution < 1.29 is 14.1 Å². The zero-order valence-corrected chi connectivity index (χ0v) is 14.8. The Balaban J connectivity index is 1.28. The van der Waals surface area contributed by atoms with Crippen molar-refractivity contribution in [2.45, 2.75) is 19.3 Å². The summed E-state index contributed by atoms with van der Waals surface area (Å²) >= 11 is 1.54. The van der Waals surface area contributed by atoms with Crippen LogP contribution in [0.2, 0.25) is 0 Å². The molecule has 2 aromatic rings. The van der Waals surface area contributed by atoms with Gasteiger partial charge in [-0.15, -0.1) is 11.3 Å². The van der Waals surface area contributed by atoms with Gasteiger partial charge in [0.15, 0.2) is 11.5 Å². The van der Waals surface area contributed by atoms with Crippen LogP contribution in [0.3, 0.4) is 0 Å². The number of nitrogens with zero attached hydrogens (tertiary/aromatic N) is 2. The number of thiophene rings is 1. The molecule has 1 saturated heterocycles. The van der Waals surface area contributed by atoms with Gasteiger partial charge in [0, 0.05) is 25.7 Å². The first-order valence-corrected chi connectivity index (χ1v) is 9.32. The van der Waals surface area contributed by atoms with Crippen LogP contribution in [0, 0.1) is 5.92 Å². The Hall–Kier alpha value is -2.19. The number of carbonyl (C=O) groups excluding carboxylic acids is 2. The molecule has 0 unspecified atom stereocenters. The highest BCUT2D eigenvalue weighted by Gasteiger charge is 2.30. The average molecular weight is 362 g/mol. The van der Waals surface area contributed by atoms with E-state index < -0.39 is 0 Å². The van der Waals surface area contributed by atoms with E-state index in [1.807, 2.05) is 17.5 Å². The van der Waals surface area contributed by atoms with Crippen LogP contribution < -0.4 is 11.1 Å². The van der Waals surface area contributed by atoms with Crippen molar-refractivity contribution in [3.63, 3.8) is 0 Å². The number of hydrogen-bond donors (Lipinski definition) is 2. The molecule has 0 bridgehead atoms. The minimum atomic E-state index is -0.210. The van der Waals surface area contributed by atoms with Crippen LogP contribution in [0.5, 0.6) is 0 Å². The lowest BCUT2D eigenvalue weighted by molar-refractivity contribution is -0.126. The third-order valence-electron chi connectivity index (χ3n) is 4.30. The third kappa shape index (κ3) is 4.67. The predicted octanol–water partition coefficient (Wildman–Crippen LogP) is 1.72. The van der Waals surface area contributed by atoms with Crippen molar-refractivity contribution in [3.8, 4) is 10.6 Å². The largest absolute Gasteiger partial charge is 0.369 e. The molecule has 7 nitrogen and oxygen atoms in total. The van der Waals surface area contributed by atoms with Gasteiger partial charge in [-0.25, -0.2) is 0 Å². The quantitative estimate of drug-likeness (QED) is 0.662. The van der Waals surface area contributed by atoms with Gasteiger partial charge >= 0.3 is 0 Å². The van der Waals surface area contributed by atoms with E-state index in [4.69, 9.17) is 10.3 Å². The predicted molar refractivity (Wildman–Crippen MR) is 95.1 cm³/mol. The van der Waals surface area contributed by atoms with Crippen molar-refractivity contribution in [1.82, 2.24) is 15.4 Å². The van der Waals surface area contributed by atoms with Crippen molar-refractivity contribution in [2.24, 2.45) is 11.7 Å². The first-order valence-electron chi connectivity index (χ1n) is 8.44. The van der Waals surface area contributed by atoms with Crippen molar-refractivity contribution in [1.29, 1.82) is 0 Å². The van der Waals surface area contributed by atoms with E-state index in [1.54, 1.807) is 17.4 Å². The summed E-state index contributed by atoms with van der Waals surface area (Å²) < 4.78 is 5.21. The molecule has 8 heteroatoms. The first kappa shape index (κ1) is 17.6. The Labute approximate surface area is 150 Å². The lowest BCUT2D eigenvalue weighted by Gasteiger charge is -2.37. The van der Waals surface area contributed by atoms with Crippen molar-refractivity contribution in [3.05, 3.63) is 29.3 Å². The van der Waals surface area contributed by atoms with Crippen molar-refractivity contribution >= 4 is 23.2 Å². The molecule has 0 aromatic carbocycles. The Kier molecular flexibility index (Phi) is 5.83. The smallest absolute Gasteiger partial charge is 0.273 e. The number of nitrogens with one attached hydrogen (secondary N) is 1. The van der Waals surface area contributed by atoms with Crippen LogP contribution in [0.15, 0.2) is 28.1 Å². The molecule has 3 heterocycles. The maximum atomic E-state index is 12.0. The van der Waals surface area contributed by atoms with Gasteiger partial charge in [0.25, 0.3) is 5.91 Å². The Morgan fingerprint density at radius 2 is 2.20 bits per heavy atom. The number of rotatable bonds is 9. The number of carbonyl (C=O) groups is 2. The van der Waals surface area contributed by atoms with Crippen molar-refractivity contribution in [2.75, 3.05) is 26.2 Å². The molecule has 0 aliphatic carbocycles. The molecule has 3 N–H and O–H groups in total. The van der Waals surface area contributed by atoms with Crippen LogP contribution in [0.25, 0.3) is 10.6 Å². The molecule has 0 atom stereocenters. The molecule has 134 valence electrons. The van der Waals surface area contributed by atoms with Gasteiger partial charge in [-0.05, 0) is 30.8 Å². The highest BCUT2D eigenvalue weighted by Crippen LogP contribution is 2.25. The summed E-state index contributed by atoms with van der Waals surface area (Å²) in [5, 5.41) is 8.64.